The van der Waals surface area contributed by atoms with E-state index in [-0.39, 0.29) is 5.91 Å². The van der Waals surface area contributed by atoms with E-state index < -0.39 is 5.60 Å². The van der Waals surface area contributed by atoms with Gasteiger partial charge in [0.25, 0.3) is 0 Å². The predicted molar refractivity (Wildman–Crippen MR) is 78.7 cm³/mol. The molecule has 1 amide bonds. The molecule has 108 valence electrons. The summed E-state index contributed by atoms with van der Waals surface area (Å²) in [5.74, 6) is 0.468. The number of nitrogens with zero attached hydrogens (tertiary/aromatic N) is 1. The lowest BCUT2D eigenvalue weighted by Crippen LogP contribution is -2.64. The molecule has 1 aliphatic heterocycles. The molecule has 2 fully saturated rings. The van der Waals surface area contributed by atoms with Gasteiger partial charge in [-0.05, 0) is 44.2 Å². The number of rotatable bonds is 4. The van der Waals surface area contributed by atoms with Crippen molar-refractivity contribution < 1.29 is 9.90 Å². The smallest absolute Gasteiger partial charge is 0.238 e. The number of hydrogen-bond acceptors (Lipinski definition) is 3. The number of β-amino-alcohol motifs (C(OH)–C–C–N with tert-alkyl or cyclic N) is 1. The van der Waals surface area contributed by atoms with Gasteiger partial charge in [0.15, 0.2) is 0 Å². The van der Waals surface area contributed by atoms with Crippen molar-refractivity contribution in [2.75, 3.05) is 25.0 Å². The van der Waals surface area contributed by atoms with Gasteiger partial charge in [-0.25, -0.2) is 0 Å². The second-order valence-electron chi connectivity index (χ2n) is 6.39. The zero-order valence-corrected chi connectivity index (χ0v) is 12.1. The van der Waals surface area contributed by atoms with Crippen molar-refractivity contribution in [3.63, 3.8) is 0 Å². The van der Waals surface area contributed by atoms with Crippen LogP contribution in [0.5, 0.6) is 0 Å². The van der Waals surface area contributed by atoms with Crippen molar-refractivity contribution in [3.8, 4) is 0 Å². The van der Waals surface area contributed by atoms with E-state index in [4.69, 9.17) is 0 Å². The second-order valence-corrected chi connectivity index (χ2v) is 6.39. The van der Waals surface area contributed by atoms with Crippen molar-refractivity contribution in [1.29, 1.82) is 0 Å². The van der Waals surface area contributed by atoms with E-state index in [0.29, 0.717) is 25.6 Å². The van der Waals surface area contributed by atoms with Gasteiger partial charge in [-0.15, -0.1) is 0 Å². The maximum absolute atomic E-state index is 12.0. The van der Waals surface area contributed by atoms with E-state index in [0.717, 1.165) is 24.1 Å². The standard InChI is InChI=1S/C16H22N2O2/c1-11-3-6-14(12(2)7-11)17-15(19)8-18-9-16(20,10-18)13-4-5-13/h3,6-7,13,20H,4-5,8-10H2,1-2H3,(H,17,19). The maximum Gasteiger partial charge on any atom is 0.238 e. The number of aliphatic hydroxyl groups is 1. The Balaban J connectivity index is 1.50. The first-order valence-electron chi connectivity index (χ1n) is 7.28. The number of hydrogen-bond donors (Lipinski definition) is 2. The number of amides is 1. The second kappa shape index (κ2) is 4.86. The Morgan fingerprint density at radius 2 is 2.10 bits per heavy atom. The Morgan fingerprint density at radius 1 is 1.40 bits per heavy atom. The zero-order chi connectivity index (χ0) is 14.3. The first-order valence-corrected chi connectivity index (χ1v) is 7.28. The zero-order valence-electron chi connectivity index (χ0n) is 12.1. The third kappa shape index (κ3) is 2.72. The average Bonchev–Trinajstić information content (AvgIpc) is 3.15. The van der Waals surface area contributed by atoms with Crippen molar-refractivity contribution in [1.82, 2.24) is 4.90 Å². The van der Waals surface area contributed by atoms with Crippen molar-refractivity contribution >= 4 is 11.6 Å². The SMILES string of the molecule is Cc1ccc(NC(=O)CN2CC(O)(C3CC3)C2)c(C)c1. The van der Waals surface area contributed by atoms with Crippen LogP contribution in [-0.2, 0) is 4.79 Å². The van der Waals surface area contributed by atoms with Gasteiger partial charge in [-0.1, -0.05) is 17.7 Å². The van der Waals surface area contributed by atoms with Gasteiger partial charge in [-0.3, -0.25) is 9.69 Å². The van der Waals surface area contributed by atoms with E-state index in [2.05, 4.69) is 11.4 Å². The Hall–Kier alpha value is -1.39. The summed E-state index contributed by atoms with van der Waals surface area (Å²) in [4.78, 5) is 14.0. The third-order valence-electron chi connectivity index (χ3n) is 4.36. The number of aryl methyl sites for hydroxylation is 2. The Kier molecular flexibility index (Phi) is 3.30. The van der Waals surface area contributed by atoms with E-state index in [9.17, 15) is 9.90 Å². The highest BCUT2D eigenvalue weighted by Gasteiger charge is 2.51. The normalized spacial score (nSPS) is 21.4. The minimum absolute atomic E-state index is 0.00481. The number of nitrogens with one attached hydrogen (secondary N) is 1. The van der Waals surface area contributed by atoms with Crippen LogP contribution in [-0.4, -0.2) is 41.1 Å². The van der Waals surface area contributed by atoms with Gasteiger partial charge < -0.3 is 10.4 Å². The number of benzene rings is 1. The van der Waals surface area contributed by atoms with Crippen LogP contribution in [0, 0.1) is 19.8 Å². The first kappa shape index (κ1) is 13.6. The first-order chi connectivity index (χ1) is 9.46. The van der Waals surface area contributed by atoms with Gasteiger partial charge in [-0.2, -0.15) is 0 Å². The van der Waals surface area contributed by atoms with Crippen LogP contribution in [0.2, 0.25) is 0 Å². The lowest BCUT2D eigenvalue weighted by Gasteiger charge is -2.46. The molecule has 0 unspecified atom stereocenters. The molecule has 1 saturated carbocycles. The van der Waals surface area contributed by atoms with Crippen LogP contribution in [0.1, 0.15) is 24.0 Å². The van der Waals surface area contributed by atoms with Gasteiger partial charge in [0, 0.05) is 18.8 Å². The fourth-order valence-corrected chi connectivity index (χ4v) is 3.07. The summed E-state index contributed by atoms with van der Waals surface area (Å²) in [6, 6.07) is 6.00. The van der Waals surface area contributed by atoms with E-state index in [1.165, 1.54) is 5.56 Å². The minimum atomic E-state index is -0.514. The Labute approximate surface area is 119 Å². The molecule has 0 radical (unpaired) electrons. The highest BCUT2D eigenvalue weighted by Crippen LogP contribution is 2.44. The summed E-state index contributed by atoms with van der Waals surface area (Å²) in [6.07, 6.45) is 2.28. The third-order valence-corrected chi connectivity index (χ3v) is 4.36. The van der Waals surface area contributed by atoms with Crippen molar-refractivity contribution in [2.24, 2.45) is 5.92 Å². The lowest BCUT2D eigenvalue weighted by atomic mass is 9.89. The molecule has 2 aliphatic rings. The lowest BCUT2D eigenvalue weighted by molar-refractivity contribution is -0.132. The summed E-state index contributed by atoms with van der Waals surface area (Å²) in [5.41, 5.74) is 2.63. The number of likely N-dealkylation sites (tertiary alicyclic amines) is 1. The predicted octanol–water partition coefficient (Wildman–Crippen LogP) is 1.70. The van der Waals surface area contributed by atoms with Crippen LogP contribution in [0.15, 0.2) is 18.2 Å². The summed E-state index contributed by atoms with van der Waals surface area (Å²) >= 11 is 0. The van der Waals surface area contributed by atoms with E-state index >= 15 is 0 Å². The molecule has 0 spiro atoms. The fourth-order valence-electron chi connectivity index (χ4n) is 3.07. The summed E-state index contributed by atoms with van der Waals surface area (Å²) in [7, 11) is 0. The molecule has 4 nitrogen and oxygen atoms in total. The molecule has 1 aromatic carbocycles. The van der Waals surface area contributed by atoms with Gasteiger partial charge in [0.05, 0.1) is 12.1 Å². The van der Waals surface area contributed by atoms with Crippen molar-refractivity contribution in [2.45, 2.75) is 32.3 Å². The molecule has 0 bridgehead atoms. The summed E-state index contributed by atoms with van der Waals surface area (Å²) in [5, 5.41) is 13.2. The maximum atomic E-state index is 12.0. The van der Waals surface area contributed by atoms with Crippen molar-refractivity contribution in [3.05, 3.63) is 29.3 Å². The molecule has 0 atom stereocenters. The van der Waals surface area contributed by atoms with Gasteiger partial charge in [0.1, 0.15) is 0 Å². The number of carbonyl (C=O) groups is 1. The van der Waals surface area contributed by atoms with E-state index in [1.54, 1.807) is 0 Å². The molecular weight excluding hydrogens is 252 g/mol. The molecule has 3 rings (SSSR count). The molecule has 1 aliphatic carbocycles. The molecule has 1 aromatic rings. The monoisotopic (exact) mass is 274 g/mol. The van der Waals surface area contributed by atoms with Crippen LogP contribution in [0.25, 0.3) is 0 Å². The summed E-state index contributed by atoms with van der Waals surface area (Å²) in [6.45, 7) is 5.67. The average molecular weight is 274 g/mol. The molecule has 1 heterocycles. The minimum Gasteiger partial charge on any atom is -0.387 e. The van der Waals surface area contributed by atoms with Crippen LogP contribution < -0.4 is 5.32 Å². The molecule has 1 saturated heterocycles. The highest BCUT2D eigenvalue weighted by atomic mass is 16.3. The molecular formula is C16H22N2O2. The number of carbonyl (C=O) groups excluding carboxylic acids is 1. The fraction of sp³-hybridized carbons (Fsp3) is 0.562. The molecule has 20 heavy (non-hydrogen) atoms. The van der Waals surface area contributed by atoms with E-state index in [1.807, 2.05) is 30.9 Å². The van der Waals surface area contributed by atoms with Gasteiger partial charge in [0.2, 0.25) is 5.91 Å². The van der Waals surface area contributed by atoms with Gasteiger partial charge >= 0.3 is 0 Å². The highest BCUT2D eigenvalue weighted by molar-refractivity contribution is 5.93. The Morgan fingerprint density at radius 3 is 2.70 bits per heavy atom. The quantitative estimate of drug-likeness (QED) is 0.878. The molecule has 4 heteroatoms. The molecule has 0 aromatic heterocycles. The van der Waals surface area contributed by atoms with Crippen LogP contribution in [0.4, 0.5) is 5.69 Å². The Bertz CT molecular complexity index is 531. The molecule has 2 N–H and O–H groups in total. The largest absolute Gasteiger partial charge is 0.387 e. The van der Waals surface area contributed by atoms with Crippen LogP contribution in [0.3, 0.4) is 0 Å². The van der Waals surface area contributed by atoms with Crippen LogP contribution >= 0.6 is 0 Å². The number of anilines is 1. The topological polar surface area (TPSA) is 52.6 Å². The summed E-state index contributed by atoms with van der Waals surface area (Å²) < 4.78 is 0.